The van der Waals surface area contributed by atoms with Crippen LogP contribution >= 0.6 is 0 Å². The van der Waals surface area contributed by atoms with E-state index in [4.69, 9.17) is 4.74 Å². The molecule has 1 aliphatic heterocycles. The molecule has 1 aliphatic rings. The monoisotopic (exact) mass is 309 g/mol. The molecule has 1 aromatic heterocycles. The van der Waals surface area contributed by atoms with Gasteiger partial charge in [0.05, 0.1) is 19.7 Å². The molecule has 0 N–H and O–H groups in total. The number of hydrogen-bond acceptors (Lipinski definition) is 2. The van der Waals surface area contributed by atoms with Gasteiger partial charge in [0.15, 0.2) is 0 Å². The SMILES string of the molecule is C[n+]1ccn(CCCCOC2CC(C)(C)N([O])C(C)(C)C2)c1. The van der Waals surface area contributed by atoms with Crippen molar-refractivity contribution < 1.29 is 14.5 Å². The molecule has 2 rings (SSSR count). The highest BCUT2D eigenvalue weighted by molar-refractivity contribution is 4.96. The third kappa shape index (κ3) is 4.31. The Labute approximate surface area is 134 Å². The Hall–Kier alpha value is -0.910. The largest absolute Gasteiger partial charge is 0.378 e. The smallest absolute Gasteiger partial charge is 0.243 e. The molecule has 0 aromatic carbocycles. The van der Waals surface area contributed by atoms with Gasteiger partial charge in [-0.25, -0.2) is 9.13 Å². The molecule has 0 atom stereocenters. The van der Waals surface area contributed by atoms with Crippen LogP contribution in [0.15, 0.2) is 18.7 Å². The number of ether oxygens (including phenoxy) is 1. The zero-order valence-corrected chi connectivity index (χ0v) is 14.7. The van der Waals surface area contributed by atoms with E-state index in [0.717, 1.165) is 38.8 Å². The quantitative estimate of drug-likeness (QED) is 0.598. The number of imidazole rings is 1. The van der Waals surface area contributed by atoms with Crippen LogP contribution in [0, 0.1) is 0 Å². The molecule has 0 unspecified atom stereocenters. The first-order chi connectivity index (χ1) is 10.2. The van der Waals surface area contributed by atoms with Crippen molar-refractivity contribution in [3.05, 3.63) is 18.7 Å². The molecular weight excluding hydrogens is 278 g/mol. The van der Waals surface area contributed by atoms with Gasteiger partial charge in [0.2, 0.25) is 6.33 Å². The van der Waals surface area contributed by atoms with Gasteiger partial charge < -0.3 is 4.74 Å². The van der Waals surface area contributed by atoms with Crippen LogP contribution in [0.1, 0.15) is 53.4 Å². The van der Waals surface area contributed by atoms with Crippen LogP contribution in [-0.4, -0.2) is 33.4 Å². The number of piperidine rings is 1. The predicted molar refractivity (Wildman–Crippen MR) is 84.5 cm³/mol. The number of nitrogens with zero attached hydrogens (tertiary/aromatic N) is 3. The maximum atomic E-state index is 12.3. The first-order valence-electron chi connectivity index (χ1n) is 8.31. The Bertz CT molecular complexity index is 464. The van der Waals surface area contributed by atoms with Gasteiger partial charge in [-0.2, -0.15) is 0 Å². The molecule has 0 bridgehead atoms. The molecule has 0 spiro atoms. The van der Waals surface area contributed by atoms with Crippen LogP contribution in [-0.2, 0) is 23.5 Å². The van der Waals surface area contributed by atoms with E-state index in [1.165, 1.54) is 5.06 Å². The topological polar surface area (TPSA) is 41.2 Å². The fourth-order valence-electron chi connectivity index (χ4n) is 3.57. The van der Waals surface area contributed by atoms with E-state index >= 15 is 0 Å². The van der Waals surface area contributed by atoms with Gasteiger partial charge in [0, 0.05) is 17.7 Å². The summed E-state index contributed by atoms with van der Waals surface area (Å²) in [6.07, 6.45) is 10.2. The maximum Gasteiger partial charge on any atom is 0.243 e. The molecular formula is C17H31N3O2+. The number of aryl methyl sites for hydroxylation is 2. The summed E-state index contributed by atoms with van der Waals surface area (Å²) in [6.45, 7) is 9.88. The molecule has 1 saturated heterocycles. The Morgan fingerprint density at radius 3 is 2.36 bits per heavy atom. The Morgan fingerprint density at radius 1 is 1.18 bits per heavy atom. The fourth-order valence-corrected chi connectivity index (χ4v) is 3.57. The average molecular weight is 309 g/mol. The molecule has 125 valence electrons. The molecule has 5 nitrogen and oxygen atoms in total. The van der Waals surface area contributed by atoms with Crippen LogP contribution < -0.4 is 4.57 Å². The van der Waals surface area contributed by atoms with E-state index in [1.54, 1.807) is 0 Å². The average Bonchev–Trinajstić information content (AvgIpc) is 2.81. The second-order valence-electron chi connectivity index (χ2n) is 7.84. The maximum absolute atomic E-state index is 12.3. The molecule has 1 fully saturated rings. The Balaban J connectivity index is 1.70. The summed E-state index contributed by atoms with van der Waals surface area (Å²) in [5, 5.41) is 13.6. The van der Waals surface area contributed by atoms with Crippen LogP contribution in [0.25, 0.3) is 0 Å². The molecule has 0 amide bonds. The van der Waals surface area contributed by atoms with Crippen molar-refractivity contribution in [1.29, 1.82) is 0 Å². The van der Waals surface area contributed by atoms with Gasteiger partial charge in [-0.3, -0.25) is 0 Å². The van der Waals surface area contributed by atoms with Crippen LogP contribution in [0.5, 0.6) is 0 Å². The van der Waals surface area contributed by atoms with Gasteiger partial charge in [-0.1, -0.05) is 0 Å². The predicted octanol–water partition coefficient (Wildman–Crippen LogP) is 2.48. The zero-order valence-electron chi connectivity index (χ0n) is 14.7. The highest BCUT2D eigenvalue weighted by atomic mass is 16.5. The minimum atomic E-state index is -0.341. The second-order valence-corrected chi connectivity index (χ2v) is 7.84. The summed E-state index contributed by atoms with van der Waals surface area (Å²) in [6, 6.07) is 0. The van der Waals surface area contributed by atoms with E-state index in [2.05, 4.69) is 27.9 Å². The summed E-state index contributed by atoms with van der Waals surface area (Å²) in [7, 11) is 2.03. The van der Waals surface area contributed by atoms with E-state index in [0.29, 0.717) is 0 Å². The normalized spacial score (nSPS) is 22.1. The van der Waals surface area contributed by atoms with Crippen molar-refractivity contribution in [2.75, 3.05) is 6.61 Å². The van der Waals surface area contributed by atoms with Crippen LogP contribution in [0.2, 0.25) is 0 Å². The molecule has 0 saturated carbocycles. The molecule has 2 heterocycles. The summed E-state index contributed by atoms with van der Waals surface area (Å²) in [5.74, 6) is 0. The van der Waals surface area contributed by atoms with E-state index in [-0.39, 0.29) is 17.2 Å². The summed E-state index contributed by atoms with van der Waals surface area (Å²) < 4.78 is 10.3. The lowest BCUT2D eigenvalue weighted by molar-refractivity contribution is -0.671. The lowest BCUT2D eigenvalue weighted by Gasteiger charge is -2.49. The standard InChI is InChI=1S/C17H31N3O2/c1-16(2)12-15(13-17(3,4)20(16)21)22-11-7-6-8-19-10-9-18(5)14-19/h9-10,14-15H,6-8,11-13H2,1-5H3/q+1. The highest BCUT2D eigenvalue weighted by Crippen LogP contribution is 2.38. The Morgan fingerprint density at radius 2 is 1.82 bits per heavy atom. The third-order valence-corrected chi connectivity index (χ3v) is 4.54. The molecule has 0 aliphatic carbocycles. The second kappa shape index (κ2) is 6.69. The van der Waals surface area contributed by atoms with Gasteiger partial charge in [0.1, 0.15) is 12.4 Å². The third-order valence-electron chi connectivity index (χ3n) is 4.54. The first kappa shape index (κ1) is 17.4. The fraction of sp³-hybridized carbons (Fsp3) is 0.824. The first-order valence-corrected chi connectivity index (χ1v) is 8.31. The van der Waals surface area contributed by atoms with Gasteiger partial charge in [-0.15, -0.1) is 10.3 Å². The zero-order chi connectivity index (χ0) is 16.4. The van der Waals surface area contributed by atoms with Crippen molar-refractivity contribution in [3.63, 3.8) is 0 Å². The van der Waals surface area contributed by atoms with Crippen LogP contribution in [0.4, 0.5) is 0 Å². The van der Waals surface area contributed by atoms with Crippen LogP contribution in [0.3, 0.4) is 0 Å². The van der Waals surface area contributed by atoms with Crippen molar-refractivity contribution in [2.24, 2.45) is 7.05 Å². The molecule has 1 aromatic rings. The minimum Gasteiger partial charge on any atom is -0.378 e. The van der Waals surface area contributed by atoms with Crippen molar-refractivity contribution in [3.8, 4) is 0 Å². The van der Waals surface area contributed by atoms with E-state index in [9.17, 15) is 5.21 Å². The van der Waals surface area contributed by atoms with E-state index in [1.807, 2.05) is 34.7 Å². The number of aromatic nitrogens is 2. The van der Waals surface area contributed by atoms with E-state index < -0.39 is 0 Å². The minimum absolute atomic E-state index is 0.194. The molecule has 1 radical (unpaired) electrons. The summed E-state index contributed by atoms with van der Waals surface area (Å²) in [4.78, 5) is 0. The van der Waals surface area contributed by atoms with Crippen molar-refractivity contribution in [2.45, 2.75) is 77.1 Å². The Kier molecular flexibility index (Phi) is 5.30. The van der Waals surface area contributed by atoms with Gasteiger partial charge in [0.25, 0.3) is 0 Å². The molecule has 22 heavy (non-hydrogen) atoms. The van der Waals surface area contributed by atoms with Crippen molar-refractivity contribution in [1.82, 2.24) is 9.63 Å². The van der Waals surface area contributed by atoms with Crippen molar-refractivity contribution >= 4 is 0 Å². The number of rotatable bonds is 6. The molecule has 5 heteroatoms. The highest BCUT2D eigenvalue weighted by Gasteiger charge is 2.46. The number of unbranched alkanes of at least 4 members (excludes halogenated alkanes) is 1. The number of hydroxylamine groups is 2. The lowest BCUT2D eigenvalue weighted by Crippen LogP contribution is -2.59. The summed E-state index contributed by atoms with van der Waals surface area (Å²) >= 11 is 0. The summed E-state index contributed by atoms with van der Waals surface area (Å²) in [5.41, 5.74) is -0.682. The van der Waals surface area contributed by atoms with Gasteiger partial charge >= 0.3 is 0 Å². The van der Waals surface area contributed by atoms with Gasteiger partial charge in [-0.05, 0) is 53.4 Å². The lowest BCUT2D eigenvalue weighted by atomic mass is 9.80. The number of hydrogen-bond donors (Lipinski definition) is 0.